The molecule has 1 heterocycles. The van der Waals surface area contributed by atoms with Gasteiger partial charge >= 0.3 is 0 Å². The highest BCUT2D eigenvalue weighted by Crippen LogP contribution is 2.20. The topological polar surface area (TPSA) is 45.8 Å². The molecule has 0 radical (unpaired) electrons. The number of rotatable bonds is 2. The van der Waals surface area contributed by atoms with E-state index in [0.717, 1.165) is 43.4 Å². The van der Waals surface area contributed by atoms with Gasteiger partial charge in [-0.3, -0.25) is 4.79 Å². The minimum atomic E-state index is -0.447. The van der Waals surface area contributed by atoms with Crippen LogP contribution in [0.4, 0.5) is 4.39 Å². The molecule has 0 saturated heterocycles. The van der Waals surface area contributed by atoms with E-state index in [0.29, 0.717) is 11.4 Å². The van der Waals surface area contributed by atoms with Crippen LogP contribution >= 0.6 is 11.6 Å². The summed E-state index contributed by atoms with van der Waals surface area (Å²) in [6.07, 6.45) is 5.05. The molecule has 0 aliphatic heterocycles. The summed E-state index contributed by atoms with van der Waals surface area (Å²) in [7, 11) is 0. The lowest BCUT2D eigenvalue weighted by Crippen LogP contribution is -2.20. The molecule has 0 atom stereocenters. The Hall–Kier alpha value is -1.68. The number of aromatic nitrogens is 2. The van der Waals surface area contributed by atoms with Crippen LogP contribution in [0.1, 0.15) is 41.9 Å². The molecule has 3 rings (SSSR count). The zero-order valence-electron chi connectivity index (χ0n) is 11.6. The first-order chi connectivity index (χ1) is 10.1. The van der Waals surface area contributed by atoms with Gasteiger partial charge in [0.15, 0.2) is 0 Å². The number of nitrogens with zero attached hydrogens (tertiary/aromatic N) is 1. The predicted molar refractivity (Wildman–Crippen MR) is 80.3 cm³/mol. The van der Waals surface area contributed by atoms with Crippen LogP contribution in [0, 0.1) is 5.82 Å². The Morgan fingerprint density at radius 3 is 2.90 bits per heavy atom. The molecule has 0 unspecified atom stereocenters. The molecule has 1 aromatic carbocycles. The van der Waals surface area contributed by atoms with Crippen molar-refractivity contribution in [3.63, 3.8) is 0 Å². The second-order valence-corrected chi connectivity index (χ2v) is 5.80. The first-order valence-electron chi connectivity index (χ1n) is 7.19. The number of hydrogen-bond donors (Lipinski definition) is 1. The quantitative estimate of drug-likeness (QED) is 0.864. The van der Waals surface area contributed by atoms with Crippen molar-refractivity contribution in [2.24, 2.45) is 0 Å². The molecule has 0 fully saturated rings. The molecule has 1 aliphatic rings. The van der Waals surface area contributed by atoms with E-state index in [1.807, 2.05) is 0 Å². The molecule has 5 heteroatoms. The number of nitrogens with one attached hydrogen (secondary N) is 1. The number of hydrogen-bond acceptors (Lipinski definition) is 2. The van der Waals surface area contributed by atoms with Gasteiger partial charge in [0.05, 0.1) is 10.7 Å². The van der Waals surface area contributed by atoms with Gasteiger partial charge in [-0.2, -0.15) is 0 Å². The normalized spacial score (nSPS) is 14.6. The van der Waals surface area contributed by atoms with E-state index in [4.69, 9.17) is 11.6 Å². The molecule has 0 amide bonds. The second kappa shape index (κ2) is 5.98. The largest absolute Gasteiger partial charge is 0.310 e. The molecule has 110 valence electrons. The lowest BCUT2D eigenvalue weighted by atomic mass is 10.1. The van der Waals surface area contributed by atoms with Crippen LogP contribution in [0.5, 0.6) is 0 Å². The maximum atomic E-state index is 13.9. The summed E-state index contributed by atoms with van der Waals surface area (Å²) in [4.78, 5) is 19.5. The van der Waals surface area contributed by atoms with Crippen molar-refractivity contribution in [1.29, 1.82) is 0 Å². The summed E-state index contributed by atoms with van der Waals surface area (Å²) in [5, 5.41) is 0.0876. The lowest BCUT2D eigenvalue weighted by molar-refractivity contribution is 0.612. The van der Waals surface area contributed by atoms with Crippen molar-refractivity contribution >= 4 is 11.6 Å². The van der Waals surface area contributed by atoms with Crippen molar-refractivity contribution in [2.45, 2.75) is 38.5 Å². The molecule has 21 heavy (non-hydrogen) atoms. The third kappa shape index (κ3) is 3.00. The Bertz CT molecular complexity index is 727. The van der Waals surface area contributed by atoms with E-state index in [2.05, 4.69) is 9.97 Å². The molecule has 1 N–H and O–H groups in total. The number of halogens is 2. The fourth-order valence-electron chi connectivity index (χ4n) is 2.78. The average molecular weight is 307 g/mol. The van der Waals surface area contributed by atoms with Crippen LogP contribution in [-0.4, -0.2) is 9.97 Å². The number of H-pyrrole nitrogens is 1. The molecule has 0 spiro atoms. The maximum absolute atomic E-state index is 13.9. The van der Waals surface area contributed by atoms with E-state index in [1.54, 1.807) is 12.1 Å². The summed E-state index contributed by atoms with van der Waals surface area (Å²) < 4.78 is 13.9. The summed E-state index contributed by atoms with van der Waals surface area (Å²) in [5.41, 5.74) is 2.02. The minimum absolute atomic E-state index is 0.0839. The number of fused-ring (bicyclic) bond motifs is 1. The Kier molecular flexibility index (Phi) is 4.06. The highest BCUT2D eigenvalue weighted by molar-refractivity contribution is 6.30. The van der Waals surface area contributed by atoms with Crippen LogP contribution in [0.25, 0.3) is 0 Å². The van der Waals surface area contributed by atoms with E-state index < -0.39 is 5.82 Å². The van der Waals surface area contributed by atoms with E-state index in [-0.39, 0.29) is 17.0 Å². The average Bonchev–Trinajstić information content (AvgIpc) is 2.70. The van der Waals surface area contributed by atoms with E-state index in [1.165, 1.54) is 6.07 Å². The first-order valence-corrected chi connectivity index (χ1v) is 7.57. The fourth-order valence-corrected chi connectivity index (χ4v) is 2.97. The Labute approximate surface area is 127 Å². The van der Waals surface area contributed by atoms with Gasteiger partial charge in [0.2, 0.25) is 0 Å². The van der Waals surface area contributed by atoms with E-state index >= 15 is 0 Å². The minimum Gasteiger partial charge on any atom is -0.310 e. The van der Waals surface area contributed by atoms with Gasteiger partial charge in [-0.05, 0) is 37.3 Å². The van der Waals surface area contributed by atoms with E-state index in [9.17, 15) is 9.18 Å². The molecule has 1 aliphatic carbocycles. The number of aryl methyl sites for hydroxylation is 1. The second-order valence-electron chi connectivity index (χ2n) is 5.39. The van der Waals surface area contributed by atoms with Gasteiger partial charge in [0.25, 0.3) is 5.56 Å². The summed E-state index contributed by atoms with van der Waals surface area (Å²) in [6, 6.07) is 4.86. The highest BCUT2D eigenvalue weighted by atomic mass is 35.5. The number of aromatic amines is 1. The zero-order chi connectivity index (χ0) is 14.8. The van der Waals surface area contributed by atoms with Gasteiger partial charge in [-0.1, -0.05) is 30.2 Å². The first kappa shape index (κ1) is 14.3. The Morgan fingerprint density at radius 1 is 1.24 bits per heavy atom. The molecule has 1 aromatic heterocycles. The van der Waals surface area contributed by atoms with Crippen molar-refractivity contribution < 1.29 is 4.39 Å². The number of benzene rings is 1. The van der Waals surface area contributed by atoms with Gasteiger partial charge in [-0.15, -0.1) is 0 Å². The van der Waals surface area contributed by atoms with Crippen LogP contribution in [0.2, 0.25) is 5.02 Å². The molecule has 0 bridgehead atoms. The SMILES string of the molecule is O=c1[nH]c(Cc2cccc(Cl)c2F)nc2c1CCCCC2. The van der Waals surface area contributed by atoms with Gasteiger partial charge in [0.1, 0.15) is 11.6 Å². The Balaban J connectivity index is 1.96. The summed E-state index contributed by atoms with van der Waals surface area (Å²) in [5.74, 6) is 0.0542. The smallest absolute Gasteiger partial charge is 0.254 e. The molecule has 0 saturated carbocycles. The van der Waals surface area contributed by atoms with Crippen LogP contribution in [0.3, 0.4) is 0 Å². The molecular formula is C16H16ClFN2O. The van der Waals surface area contributed by atoms with Crippen molar-refractivity contribution in [2.75, 3.05) is 0 Å². The standard InChI is InChI=1S/C16H16ClFN2O/c17-12-7-4-5-10(15(12)18)9-14-19-13-8-3-1-2-6-11(13)16(21)20-14/h4-5,7H,1-3,6,8-9H2,(H,19,20,21). The maximum Gasteiger partial charge on any atom is 0.254 e. The summed E-state index contributed by atoms with van der Waals surface area (Å²) >= 11 is 5.78. The highest BCUT2D eigenvalue weighted by Gasteiger charge is 2.15. The van der Waals surface area contributed by atoms with Crippen molar-refractivity contribution in [3.8, 4) is 0 Å². The van der Waals surface area contributed by atoms with Gasteiger partial charge < -0.3 is 4.98 Å². The van der Waals surface area contributed by atoms with Crippen molar-refractivity contribution in [3.05, 3.63) is 62.0 Å². The van der Waals surface area contributed by atoms with Crippen LogP contribution < -0.4 is 5.56 Å². The van der Waals surface area contributed by atoms with Gasteiger partial charge in [0, 0.05) is 12.0 Å². The predicted octanol–water partition coefficient (Wildman–Crippen LogP) is 3.42. The molecule has 3 nitrogen and oxygen atoms in total. The van der Waals surface area contributed by atoms with Gasteiger partial charge in [-0.25, -0.2) is 9.37 Å². The van der Waals surface area contributed by atoms with Crippen molar-refractivity contribution in [1.82, 2.24) is 9.97 Å². The monoisotopic (exact) mass is 306 g/mol. The Morgan fingerprint density at radius 2 is 2.05 bits per heavy atom. The van der Waals surface area contributed by atoms with Crippen LogP contribution in [-0.2, 0) is 19.3 Å². The summed E-state index contributed by atoms with van der Waals surface area (Å²) in [6.45, 7) is 0. The van der Waals surface area contributed by atoms with Crippen LogP contribution in [0.15, 0.2) is 23.0 Å². The molecule has 2 aromatic rings. The zero-order valence-corrected chi connectivity index (χ0v) is 12.3. The third-order valence-corrected chi connectivity index (χ3v) is 4.17. The molecular weight excluding hydrogens is 291 g/mol. The third-order valence-electron chi connectivity index (χ3n) is 3.88. The fraction of sp³-hybridized carbons (Fsp3) is 0.375. The lowest BCUT2D eigenvalue weighted by Gasteiger charge is -2.08.